The van der Waals surface area contributed by atoms with Crippen molar-refractivity contribution in [2.24, 2.45) is 11.8 Å². The lowest BCUT2D eigenvalue weighted by Crippen LogP contribution is -2.62. The first-order valence-electron chi connectivity index (χ1n) is 12.8. The van der Waals surface area contributed by atoms with E-state index in [1.807, 2.05) is 13.8 Å². The van der Waals surface area contributed by atoms with Gasteiger partial charge in [0.1, 0.15) is 31.6 Å². The van der Waals surface area contributed by atoms with Crippen LogP contribution in [-0.2, 0) is 57.1 Å². The number of amides is 1. The standard InChI is InChI=1S/C26H41NO12/c1-9-21(31)27-12-33-10-19-23(32-8)14(3)25(37-18(7)30)26(38-19)39-24-13(2)22(36-17(6)29)15(4)35-20(24)11-34-16(5)28/h9,13-15,19-20,22-26H,1,10-12H2,2-8H3,(H,27,31)/t13?,14?,15?,19?,20?,22?,23-,24?,25?,26?/m0/s1. The first-order chi connectivity index (χ1) is 18.4. The van der Waals surface area contributed by atoms with Gasteiger partial charge in [0.05, 0.1) is 24.9 Å². The predicted molar refractivity (Wildman–Crippen MR) is 134 cm³/mol. The maximum atomic E-state index is 12.0. The van der Waals surface area contributed by atoms with Crippen molar-refractivity contribution in [3.05, 3.63) is 12.7 Å². The Morgan fingerprint density at radius 2 is 1.41 bits per heavy atom. The van der Waals surface area contributed by atoms with Gasteiger partial charge in [0.15, 0.2) is 12.4 Å². The minimum atomic E-state index is -1.10. The van der Waals surface area contributed by atoms with Crippen LogP contribution in [0.4, 0.5) is 0 Å². The zero-order valence-corrected chi connectivity index (χ0v) is 23.6. The highest BCUT2D eigenvalue weighted by molar-refractivity contribution is 5.86. The number of hydrogen-bond donors (Lipinski definition) is 1. The van der Waals surface area contributed by atoms with Crippen LogP contribution in [-0.4, -0.2) is 99.9 Å². The maximum Gasteiger partial charge on any atom is 0.303 e. The van der Waals surface area contributed by atoms with Gasteiger partial charge >= 0.3 is 17.9 Å². The van der Waals surface area contributed by atoms with Gasteiger partial charge in [0, 0.05) is 39.7 Å². The van der Waals surface area contributed by atoms with E-state index in [4.69, 9.17) is 37.9 Å². The summed E-state index contributed by atoms with van der Waals surface area (Å²) in [6.07, 6.45) is -4.76. The summed E-state index contributed by atoms with van der Waals surface area (Å²) in [7, 11) is 1.50. The van der Waals surface area contributed by atoms with Gasteiger partial charge in [-0.25, -0.2) is 0 Å². The molecule has 1 N–H and O–H groups in total. The van der Waals surface area contributed by atoms with E-state index in [1.165, 1.54) is 27.9 Å². The number of methoxy groups -OCH3 is 1. The molecule has 10 atom stereocenters. The van der Waals surface area contributed by atoms with Crippen LogP contribution in [0.2, 0.25) is 0 Å². The monoisotopic (exact) mass is 559 g/mol. The van der Waals surface area contributed by atoms with Crippen LogP contribution in [0.1, 0.15) is 41.5 Å². The Morgan fingerprint density at radius 1 is 0.821 bits per heavy atom. The zero-order valence-electron chi connectivity index (χ0n) is 23.6. The number of carbonyl (C=O) groups is 4. The molecule has 0 radical (unpaired) electrons. The van der Waals surface area contributed by atoms with Crippen LogP contribution in [0.25, 0.3) is 0 Å². The van der Waals surface area contributed by atoms with Crippen LogP contribution >= 0.6 is 0 Å². The van der Waals surface area contributed by atoms with E-state index in [9.17, 15) is 19.2 Å². The summed E-state index contributed by atoms with van der Waals surface area (Å²) in [5.74, 6) is -2.74. The smallest absolute Gasteiger partial charge is 0.303 e. The molecule has 2 fully saturated rings. The molecule has 0 aromatic carbocycles. The molecule has 0 spiro atoms. The molecule has 222 valence electrons. The SMILES string of the molecule is C=CC(=O)NCOCC1OC(OC2C(COC(C)=O)OC(C)C(OC(C)=O)C2C)C(OC(C)=O)C(C)[C@@H]1OC. The highest BCUT2D eigenvalue weighted by Gasteiger charge is 2.51. The van der Waals surface area contributed by atoms with Gasteiger partial charge in [-0.3, -0.25) is 19.2 Å². The number of esters is 3. The number of hydrogen-bond acceptors (Lipinski definition) is 12. The molecule has 13 nitrogen and oxygen atoms in total. The Bertz CT molecular complexity index is 864. The van der Waals surface area contributed by atoms with E-state index < -0.39 is 84.7 Å². The molecule has 0 aliphatic carbocycles. The van der Waals surface area contributed by atoms with Gasteiger partial charge in [0.2, 0.25) is 5.91 Å². The fourth-order valence-electron chi connectivity index (χ4n) is 4.91. The van der Waals surface area contributed by atoms with E-state index in [2.05, 4.69) is 11.9 Å². The Morgan fingerprint density at radius 3 is 1.97 bits per heavy atom. The summed E-state index contributed by atoms with van der Waals surface area (Å²) >= 11 is 0. The molecule has 0 aromatic heterocycles. The molecule has 2 heterocycles. The van der Waals surface area contributed by atoms with E-state index in [1.54, 1.807) is 6.92 Å². The summed E-state index contributed by atoms with van der Waals surface area (Å²) in [4.78, 5) is 46.8. The van der Waals surface area contributed by atoms with E-state index in [0.29, 0.717) is 0 Å². The van der Waals surface area contributed by atoms with Crippen LogP contribution in [0.3, 0.4) is 0 Å². The summed E-state index contributed by atoms with van der Waals surface area (Å²) in [5.41, 5.74) is 0. The summed E-state index contributed by atoms with van der Waals surface area (Å²) in [5, 5.41) is 2.51. The topological polar surface area (TPSA) is 154 Å². The third-order valence-corrected chi connectivity index (χ3v) is 6.67. The average molecular weight is 560 g/mol. The van der Waals surface area contributed by atoms with Gasteiger partial charge < -0.3 is 43.2 Å². The van der Waals surface area contributed by atoms with Crippen molar-refractivity contribution in [2.75, 3.05) is 27.1 Å². The zero-order chi connectivity index (χ0) is 29.3. The lowest BCUT2D eigenvalue weighted by Gasteiger charge is -2.48. The molecule has 2 aliphatic rings. The van der Waals surface area contributed by atoms with Crippen LogP contribution in [0, 0.1) is 11.8 Å². The van der Waals surface area contributed by atoms with E-state index in [0.717, 1.165) is 6.08 Å². The van der Waals surface area contributed by atoms with Gasteiger partial charge in [-0.05, 0) is 13.0 Å². The number of rotatable bonds is 12. The van der Waals surface area contributed by atoms with Crippen LogP contribution < -0.4 is 5.32 Å². The molecular formula is C26H41NO12. The molecule has 2 rings (SSSR count). The van der Waals surface area contributed by atoms with E-state index in [-0.39, 0.29) is 19.9 Å². The second-order valence-electron chi connectivity index (χ2n) is 9.65. The van der Waals surface area contributed by atoms with Crippen molar-refractivity contribution in [3.8, 4) is 0 Å². The molecular weight excluding hydrogens is 518 g/mol. The second-order valence-corrected chi connectivity index (χ2v) is 9.65. The number of nitrogens with one attached hydrogen (secondary N) is 1. The Labute approximate surface area is 228 Å². The third-order valence-electron chi connectivity index (χ3n) is 6.67. The second kappa shape index (κ2) is 15.3. The Balaban J connectivity index is 2.31. The predicted octanol–water partition coefficient (Wildman–Crippen LogP) is 0.874. The van der Waals surface area contributed by atoms with Crippen molar-refractivity contribution in [1.82, 2.24) is 5.32 Å². The molecule has 0 saturated carbocycles. The molecule has 0 aromatic rings. The highest BCUT2D eigenvalue weighted by atomic mass is 16.7. The van der Waals surface area contributed by atoms with Crippen molar-refractivity contribution in [2.45, 2.75) is 90.6 Å². The van der Waals surface area contributed by atoms with Crippen molar-refractivity contribution in [3.63, 3.8) is 0 Å². The molecule has 9 unspecified atom stereocenters. The fraction of sp³-hybridized carbons (Fsp3) is 0.769. The molecule has 0 bridgehead atoms. The normalized spacial score (nSPS) is 34.4. The quantitative estimate of drug-likeness (QED) is 0.119. The summed E-state index contributed by atoms with van der Waals surface area (Å²) < 4.78 is 46.3. The molecule has 39 heavy (non-hydrogen) atoms. The van der Waals surface area contributed by atoms with Crippen molar-refractivity contribution < 1.29 is 57.1 Å². The van der Waals surface area contributed by atoms with Crippen molar-refractivity contribution in [1.29, 1.82) is 0 Å². The minimum absolute atomic E-state index is 0.0215. The van der Waals surface area contributed by atoms with Gasteiger partial charge in [-0.2, -0.15) is 0 Å². The largest absolute Gasteiger partial charge is 0.463 e. The lowest BCUT2D eigenvalue weighted by molar-refractivity contribution is -0.332. The first-order valence-corrected chi connectivity index (χ1v) is 12.8. The van der Waals surface area contributed by atoms with Crippen LogP contribution in [0.5, 0.6) is 0 Å². The molecule has 2 saturated heterocycles. The van der Waals surface area contributed by atoms with Gasteiger partial charge in [0.25, 0.3) is 0 Å². The van der Waals surface area contributed by atoms with Gasteiger partial charge in [-0.15, -0.1) is 0 Å². The lowest BCUT2D eigenvalue weighted by atomic mass is 9.87. The van der Waals surface area contributed by atoms with Crippen molar-refractivity contribution >= 4 is 23.8 Å². The Hall–Kier alpha value is -2.58. The Kier molecular flexibility index (Phi) is 12.8. The van der Waals surface area contributed by atoms with Crippen LogP contribution in [0.15, 0.2) is 12.7 Å². The average Bonchev–Trinajstić information content (AvgIpc) is 2.86. The summed E-state index contributed by atoms with van der Waals surface area (Å²) in [6, 6.07) is 0. The third kappa shape index (κ3) is 9.24. The number of carbonyl (C=O) groups excluding carboxylic acids is 4. The minimum Gasteiger partial charge on any atom is -0.463 e. The first kappa shape index (κ1) is 32.6. The maximum absolute atomic E-state index is 12.0. The summed E-state index contributed by atoms with van der Waals surface area (Å²) in [6.45, 7) is 12.5. The molecule has 1 amide bonds. The molecule has 2 aliphatic heterocycles. The fourth-order valence-corrected chi connectivity index (χ4v) is 4.91. The molecule has 13 heteroatoms. The van der Waals surface area contributed by atoms with E-state index >= 15 is 0 Å². The van der Waals surface area contributed by atoms with Gasteiger partial charge in [-0.1, -0.05) is 20.4 Å². The number of ether oxygens (including phenoxy) is 8. The highest BCUT2D eigenvalue weighted by Crippen LogP contribution is 2.36.